The molecule has 0 amide bonds. The minimum atomic E-state index is -1.08. The van der Waals surface area contributed by atoms with Crippen LogP contribution >= 0.6 is 0 Å². The monoisotopic (exact) mass is 286 g/mol. The Morgan fingerprint density at radius 1 is 1.00 bits per heavy atom. The average Bonchev–Trinajstić information content (AvgIpc) is 1.83. The molecular formula is C8H12CuFO6. The molecule has 0 rings (SSSR count). The molecule has 0 fully saturated rings. The second-order valence-corrected chi connectivity index (χ2v) is 2.07. The van der Waals surface area contributed by atoms with Crippen LogP contribution in [0.1, 0.15) is 20.8 Å². The van der Waals surface area contributed by atoms with Crippen LogP contribution in [0.25, 0.3) is 0 Å². The molecule has 0 aliphatic rings. The largest absolute Gasteiger partial charge is 2.00 e. The summed E-state index contributed by atoms with van der Waals surface area (Å²) in [6.07, 6.45) is 0. The molecule has 0 saturated heterocycles. The van der Waals surface area contributed by atoms with Gasteiger partial charge < -0.3 is 24.9 Å². The summed E-state index contributed by atoms with van der Waals surface area (Å²) in [6, 6.07) is 0. The third kappa shape index (κ3) is 251. The summed E-state index contributed by atoms with van der Waals surface area (Å²) in [5.74, 6) is -3.10. The van der Waals surface area contributed by atoms with E-state index in [-0.39, 0.29) is 27.3 Å². The van der Waals surface area contributed by atoms with Crippen molar-refractivity contribution in [2.75, 3.05) is 0 Å². The first-order valence-electron chi connectivity index (χ1n) is 3.35. The number of carbonyl (C=O) groups excluding carboxylic acids is 2. The number of hydrogen-bond acceptors (Lipinski definition) is 5. The van der Waals surface area contributed by atoms with Gasteiger partial charge in [-0.05, 0) is 20.8 Å². The van der Waals surface area contributed by atoms with E-state index in [9.17, 15) is 4.79 Å². The van der Waals surface area contributed by atoms with E-state index in [2.05, 4.69) is 6.58 Å². The van der Waals surface area contributed by atoms with Crippen molar-refractivity contribution in [3.05, 3.63) is 12.2 Å². The number of carbonyl (C=O) groups is 3. The maximum Gasteiger partial charge on any atom is 2.00 e. The predicted molar refractivity (Wildman–Crippen MR) is 44.9 cm³/mol. The van der Waals surface area contributed by atoms with Gasteiger partial charge >= 0.3 is 23.0 Å². The molecule has 0 spiro atoms. The summed E-state index contributed by atoms with van der Waals surface area (Å²) >= 11 is 0. The number of hydrogen-bond donors (Lipinski definition) is 1. The van der Waals surface area contributed by atoms with Crippen molar-refractivity contribution in [1.29, 1.82) is 0 Å². The smallest absolute Gasteiger partial charge is 0.550 e. The van der Waals surface area contributed by atoms with E-state index in [0.717, 1.165) is 13.8 Å². The molecule has 0 heterocycles. The number of aliphatic carboxylic acids is 3. The zero-order chi connectivity index (χ0) is 12.3. The average molecular weight is 287 g/mol. The predicted octanol–water partition coefficient (Wildman–Crippen LogP) is -1.42. The van der Waals surface area contributed by atoms with Gasteiger partial charge in [0.2, 0.25) is 0 Å². The Hall–Kier alpha value is -1.40. The van der Waals surface area contributed by atoms with Crippen molar-refractivity contribution in [1.82, 2.24) is 0 Å². The van der Waals surface area contributed by atoms with Crippen LogP contribution in [-0.2, 0) is 31.5 Å². The zero-order valence-electron chi connectivity index (χ0n) is 8.88. The van der Waals surface area contributed by atoms with Crippen LogP contribution in [0.5, 0.6) is 0 Å². The fraction of sp³-hybridized carbons (Fsp3) is 0.375. The van der Waals surface area contributed by atoms with E-state index in [1.54, 1.807) is 0 Å². The van der Waals surface area contributed by atoms with Crippen molar-refractivity contribution >= 4 is 17.9 Å². The van der Waals surface area contributed by atoms with Crippen molar-refractivity contribution in [3.8, 4) is 0 Å². The fourth-order valence-corrected chi connectivity index (χ4v) is 0. The Morgan fingerprint density at radius 3 is 1.06 bits per heavy atom. The quantitative estimate of drug-likeness (QED) is 0.467. The molecule has 16 heavy (non-hydrogen) atoms. The topological polar surface area (TPSA) is 118 Å². The molecule has 0 atom stereocenters. The third-order valence-corrected chi connectivity index (χ3v) is 0.365. The van der Waals surface area contributed by atoms with Crippen molar-refractivity contribution in [3.63, 3.8) is 0 Å². The van der Waals surface area contributed by atoms with E-state index < -0.39 is 17.9 Å². The number of carboxylic acids is 3. The Bertz CT molecular complexity index is 197. The number of rotatable bonds is 1. The Labute approximate surface area is 103 Å². The Balaban J connectivity index is -0.0000000367. The molecule has 6 nitrogen and oxygen atoms in total. The molecule has 0 aliphatic heterocycles. The summed E-state index contributed by atoms with van der Waals surface area (Å²) in [5, 5.41) is 25.7. The van der Waals surface area contributed by atoms with Gasteiger partial charge in [-0.25, -0.2) is 4.79 Å². The van der Waals surface area contributed by atoms with Crippen LogP contribution < -0.4 is 10.2 Å². The van der Waals surface area contributed by atoms with E-state index in [1.165, 1.54) is 6.92 Å². The van der Waals surface area contributed by atoms with Gasteiger partial charge in [0, 0.05) is 22.2 Å². The molecule has 8 heteroatoms. The first-order valence-corrected chi connectivity index (χ1v) is 3.35. The summed E-state index contributed by atoms with van der Waals surface area (Å²) < 4.78 is 0. The van der Waals surface area contributed by atoms with Gasteiger partial charge in [0.1, 0.15) is 0 Å². The summed E-state index contributed by atoms with van der Waals surface area (Å²) in [4.78, 5) is 27.4. The third-order valence-electron chi connectivity index (χ3n) is 0.365. The molecule has 0 aromatic carbocycles. The first-order chi connectivity index (χ1) is 6.11. The summed E-state index contributed by atoms with van der Waals surface area (Å²) in [6.45, 7) is 6.55. The van der Waals surface area contributed by atoms with Crippen LogP contribution in [-0.4, -0.2) is 23.0 Å². The molecule has 1 N–H and O–H groups in total. The molecule has 0 saturated carbocycles. The van der Waals surface area contributed by atoms with Gasteiger partial charge in [-0.1, -0.05) is 6.58 Å². The maximum absolute atomic E-state index is 9.60. The van der Waals surface area contributed by atoms with Gasteiger partial charge in [0.15, 0.2) is 0 Å². The molecule has 0 aromatic rings. The first kappa shape index (κ1) is 29.3. The maximum atomic E-state index is 9.60. The number of halogens is 1. The van der Waals surface area contributed by atoms with Crippen LogP contribution in [0.2, 0.25) is 0 Å². The molecule has 0 aliphatic carbocycles. The van der Waals surface area contributed by atoms with Gasteiger partial charge in [0.25, 0.3) is 0 Å². The second kappa shape index (κ2) is 19.2. The van der Waals surface area contributed by atoms with Gasteiger partial charge in [-0.15, -0.1) is 0 Å². The van der Waals surface area contributed by atoms with E-state index in [4.69, 9.17) is 24.9 Å². The van der Waals surface area contributed by atoms with Gasteiger partial charge in [-0.3, -0.25) is 0 Å². The molecule has 0 bridgehead atoms. The van der Waals surface area contributed by atoms with Crippen molar-refractivity contribution in [2.24, 2.45) is 0 Å². The van der Waals surface area contributed by atoms with Crippen molar-refractivity contribution < 1.29 is 51.5 Å². The van der Waals surface area contributed by atoms with Crippen LogP contribution in [0, 0.1) is 0 Å². The van der Waals surface area contributed by atoms with Crippen LogP contribution in [0.15, 0.2) is 12.2 Å². The van der Waals surface area contributed by atoms with E-state index >= 15 is 0 Å². The van der Waals surface area contributed by atoms with Gasteiger partial charge in [-0.2, -0.15) is 0 Å². The minimum Gasteiger partial charge on any atom is -0.550 e. The van der Waals surface area contributed by atoms with E-state index in [0.29, 0.717) is 0 Å². The molecular weight excluding hydrogens is 275 g/mol. The van der Waals surface area contributed by atoms with Crippen LogP contribution in [0.4, 0.5) is 4.70 Å². The Morgan fingerprint density at radius 2 is 1.06 bits per heavy atom. The molecule has 2 radical (unpaired) electrons. The fourth-order valence-electron chi connectivity index (χ4n) is 0. The standard InChI is InChI=1S/C4H6O2.2C2H4O2.Cu.F/c1-3(2)4(5)6;2*1-2(3)4;;/h1H2,2H3,(H,5,6);2*1H3,(H,3,4);;/q;;;+2;/p-2. The van der Waals surface area contributed by atoms with Crippen LogP contribution in [0.3, 0.4) is 0 Å². The normalized spacial score (nSPS) is 5.94. The number of carboxylic acid groups (broad SMARTS) is 3. The molecule has 98 valence electrons. The molecule has 0 unspecified atom stereocenters. The summed E-state index contributed by atoms with van der Waals surface area (Å²) in [5.41, 5.74) is 0.176. The molecule has 0 aromatic heterocycles. The zero-order valence-corrected chi connectivity index (χ0v) is 9.82. The Kier molecular flexibility index (Phi) is 35.2. The summed E-state index contributed by atoms with van der Waals surface area (Å²) in [7, 11) is 0. The SMILES string of the molecule is C=C(C)C(=O)O.CC(=O)[O-].CC(=O)[O-].[Cu+2].[F]. The van der Waals surface area contributed by atoms with Gasteiger partial charge in [0.05, 0.1) is 0 Å². The van der Waals surface area contributed by atoms with Crippen molar-refractivity contribution in [2.45, 2.75) is 20.8 Å². The van der Waals surface area contributed by atoms with E-state index in [1.807, 2.05) is 0 Å². The minimum absolute atomic E-state index is 0. The second-order valence-electron chi connectivity index (χ2n) is 2.07.